The van der Waals surface area contributed by atoms with Gasteiger partial charge in [-0.1, -0.05) is 18.2 Å². The highest BCUT2D eigenvalue weighted by atomic mass is 32.1. The fraction of sp³-hybridized carbons (Fsp3) is 0.278. The molecule has 0 saturated carbocycles. The first-order valence-corrected chi connectivity index (χ1v) is 8.12. The highest BCUT2D eigenvalue weighted by molar-refractivity contribution is 7.17. The van der Waals surface area contributed by atoms with E-state index >= 15 is 0 Å². The number of aromatic nitrogens is 1. The van der Waals surface area contributed by atoms with Crippen molar-refractivity contribution in [2.75, 3.05) is 7.05 Å². The zero-order valence-corrected chi connectivity index (χ0v) is 13.5. The highest BCUT2D eigenvalue weighted by Gasteiger charge is 2.12. The van der Waals surface area contributed by atoms with E-state index in [-0.39, 0.29) is 0 Å². The number of likely N-dealkylation sites (N-methyl/N-ethyl adjacent to an activating group) is 1. The SMILES string of the molecule is CNC(Cc1ccc(C)c(C)c1)c1cnc2ccsc2c1. The first-order valence-electron chi connectivity index (χ1n) is 7.24. The van der Waals surface area contributed by atoms with E-state index < -0.39 is 0 Å². The summed E-state index contributed by atoms with van der Waals surface area (Å²) in [5.74, 6) is 0. The van der Waals surface area contributed by atoms with Gasteiger partial charge in [0, 0.05) is 12.2 Å². The molecule has 108 valence electrons. The molecule has 0 radical (unpaired) electrons. The molecule has 0 saturated heterocycles. The second-order valence-electron chi connectivity index (χ2n) is 5.54. The van der Waals surface area contributed by atoms with Gasteiger partial charge in [0.15, 0.2) is 0 Å². The van der Waals surface area contributed by atoms with E-state index in [0.29, 0.717) is 6.04 Å². The van der Waals surface area contributed by atoms with Gasteiger partial charge in [0.25, 0.3) is 0 Å². The topological polar surface area (TPSA) is 24.9 Å². The van der Waals surface area contributed by atoms with Crippen LogP contribution >= 0.6 is 11.3 Å². The van der Waals surface area contributed by atoms with Crippen LogP contribution in [0.25, 0.3) is 10.2 Å². The van der Waals surface area contributed by atoms with Gasteiger partial charge in [-0.3, -0.25) is 4.98 Å². The molecular formula is C18H20N2S. The van der Waals surface area contributed by atoms with Crippen molar-refractivity contribution in [1.29, 1.82) is 0 Å². The third kappa shape index (κ3) is 2.99. The maximum absolute atomic E-state index is 4.55. The zero-order chi connectivity index (χ0) is 14.8. The maximum Gasteiger partial charge on any atom is 0.0809 e. The molecule has 0 fully saturated rings. The van der Waals surface area contributed by atoms with Crippen LogP contribution in [0.1, 0.15) is 28.3 Å². The summed E-state index contributed by atoms with van der Waals surface area (Å²) < 4.78 is 1.26. The van der Waals surface area contributed by atoms with Crippen molar-refractivity contribution >= 4 is 21.6 Å². The largest absolute Gasteiger partial charge is 0.313 e. The van der Waals surface area contributed by atoms with E-state index in [1.54, 1.807) is 11.3 Å². The van der Waals surface area contributed by atoms with Gasteiger partial charge in [-0.15, -0.1) is 11.3 Å². The van der Waals surface area contributed by atoms with Crippen LogP contribution in [-0.4, -0.2) is 12.0 Å². The third-order valence-electron chi connectivity index (χ3n) is 4.09. The predicted octanol–water partition coefficient (Wildman–Crippen LogP) is 4.42. The van der Waals surface area contributed by atoms with Crippen molar-refractivity contribution in [2.24, 2.45) is 0 Å². The van der Waals surface area contributed by atoms with Crippen LogP contribution in [0.4, 0.5) is 0 Å². The Balaban J connectivity index is 1.88. The molecule has 1 atom stereocenters. The van der Waals surface area contributed by atoms with Crippen molar-refractivity contribution in [3.05, 3.63) is 64.2 Å². The number of hydrogen-bond acceptors (Lipinski definition) is 3. The molecule has 3 heteroatoms. The van der Waals surface area contributed by atoms with Crippen molar-refractivity contribution < 1.29 is 0 Å². The average Bonchev–Trinajstić information content (AvgIpc) is 2.95. The minimum absolute atomic E-state index is 0.297. The van der Waals surface area contributed by atoms with Crippen LogP contribution in [0.15, 0.2) is 41.9 Å². The van der Waals surface area contributed by atoms with E-state index in [0.717, 1.165) is 11.9 Å². The summed E-state index contributed by atoms with van der Waals surface area (Å²) in [7, 11) is 2.02. The molecule has 1 unspecified atom stereocenters. The molecule has 0 aliphatic heterocycles. The normalized spacial score (nSPS) is 12.7. The van der Waals surface area contributed by atoms with E-state index in [9.17, 15) is 0 Å². The van der Waals surface area contributed by atoms with Crippen LogP contribution in [0.2, 0.25) is 0 Å². The Kier molecular flexibility index (Phi) is 4.04. The van der Waals surface area contributed by atoms with Crippen LogP contribution in [0.3, 0.4) is 0 Å². The summed E-state index contributed by atoms with van der Waals surface area (Å²) in [5.41, 5.74) is 6.41. The second-order valence-corrected chi connectivity index (χ2v) is 6.48. The Hall–Kier alpha value is -1.71. The summed E-state index contributed by atoms with van der Waals surface area (Å²) in [6.07, 6.45) is 2.98. The first kappa shape index (κ1) is 14.2. The summed E-state index contributed by atoms with van der Waals surface area (Å²) >= 11 is 1.75. The van der Waals surface area contributed by atoms with Gasteiger partial charge < -0.3 is 5.32 Å². The van der Waals surface area contributed by atoms with Crippen molar-refractivity contribution in [1.82, 2.24) is 10.3 Å². The lowest BCUT2D eigenvalue weighted by Gasteiger charge is -2.17. The number of rotatable bonds is 4. The minimum atomic E-state index is 0.297. The molecule has 0 aliphatic rings. The molecule has 3 rings (SSSR count). The van der Waals surface area contributed by atoms with Gasteiger partial charge in [-0.25, -0.2) is 0 Å². The Labute approximate surface area is 129 Å². The van der Waals surface area contributed by atoms with Crippen LogP contribution in [-0.2, 0) is 6.42 Å². The van der Waals surface area contributed by atoms with E-state index in [1.165, 1.54) is 27.0 Å². The molecule has 0 bridgehead atoms. The molecule has 2 aromatic heterocycles. The Morgan fingerprint density at radius 2 is 2.00 bits per heavy atom. The number of benzene rings is 1. The molecule has 21 heavy (non-hydrogen) atoms. The zero-order valence-electron chi connectivity index (χ0n) is 12.7. The van der Waals surface area contributed by atoms with Gasteiger partial charge in [-0.2, -0.15) is 0 Å². The standard InChI is InChI=1S/C18H20N2S/c1-12-4-5-14(8-13(12)2)9-17(19-3)15-10-18-16(20-11-15)6-7-21-18/h4-8,10-11,17,19H,9H2,1-3H3. The van der Waals surface area contributed by atoms with Gasteiger partial charge in [0.1, 0.15) is 0 Å². The molecular weight excluding hydrogens is 276 g/mol. The predicted molar refractivity (Wildman–Crippen MR) is 91.0 cm³/mol. The highest BCUT2D eigenvalue weighted by Crippen LogP contribution is 2.25. The maximum atomic E-state index is 4.55. The molecule has 1 N–H and O–H groups in total. The molecule has 0 amide bonds. The molecule has 0 aliphatic carbocycles. The number of thiophene rings is 1. The summed E-state index contributed by atoms with van der Waals surface area (Å²) in [4.78, 5) is 4.55. The lowest BCUT2D eigenvalue weighted by Crippen LogP contribution is -2.19. The lowest BCUT2D eigenvalue weighted by atomic mass is 9.97. The number of aryl methyl sites for hydroxylation is 2. The van der Waals surface area contributed by atoms with Gasteiger partial charge in [0.2, 0.25) is 0 Å². The van der Waals surface area contributed by atoms with E-state index in [2.05, 4.69) is 59.9 Å². The van der Waals surface area contributed by atoms with Crippen molar-refractivity contribution in [3.8, 4) is 0 Å². The fourth-order valence-electron chi connectivity index (χ4n) is 2.60. The summed E-state index contributed by atoms with van der Waals surface area (Å²) in [6.45, 7) is 4.33. The number of nitrogens with zero attached hydrogens (tertiary/aromatic N) is 1. The first-order chi connectivity index (χ1) is 10.2. The Morgan fingerprint density at radius 3 is 2.76 bits per heavy atom. The van der Waals surface area contributed by atoms with Crippen molar-refractivity contribution in [3.63, 3.8) is 0 Å². The molecule has 1 aromatic carbocycles. The fourth-order valence-corrected chi connectivity index (χ4v) is 3.39. The van der Waals surface area contributed by atoms with Crippen LogP contribution in [0, 0.1) is 13.8 Å². The summed E-state index contributed by atoms with van der Waals surface area (Å²) in [5, 5.41) is 5.52. The van der Waals surface area contributed by atoms with Gasteiger partial charge in [0.05, 0.1) is 10.2 Å². The van der Waals surface area contributed by atoms with E-state index in [1.807, 2.05) is 13.2 Å². The molecule has 2 heterocycles. The van der Waals surface area contributed by atoms with Crippen molar-refractivity contribution in [2.45, 2.75) is 26.3 Å². The quantitative estimate of drug-likeness (QED) is 0.771. The summed E-state index contributed by atoms with van der Waals surface area (Å²) in [6, 6.07) is 11.3. The molecule has 3 aromatic rings. The van der Waals surface area contributed by atoms with Crippen LogP contribution in [0.5, 0.6) is 0 Å². The minimum Gasteiger partial charge on any atom is -0.313 e. The monoisotopic (exact) mass is 296 g/mol. The third-order valence-corrected chi connectivity index (χ3v) is 4.94. The number of pyridine rings is 1. The van der Waals surface area contributed by atoms with Gasteiger partial charge in [-0.05, 0) is 67.1 Å². The smallest absolute Gasteiger partial charge is 0.0809 e. The van der Waals surface area contributed by atoms with Crippen LogP contribution < -0.4 is 5.32 Å². The molecule has 0 spiro atoms. The average molecular weight is 296 g/mol. The van der Waals surface area contributed by atoms with E-state index in [4.69, 9.17) is 0 Å². The number of hydrogen-bond donors (Lipinski definition) is 1. The molecule has 2 nitrogen and oxygen atoms in total. The number of fused-ring (bicyclic) bond motifs is 1. The van der Waals surface area contributed by atoms with Gasteiger partial charge >= 0.3 is 0 Å². The second kappa shape index (κ2) is 5.96. The Bertz CT molecular complexity index is 761. The Morgan fingerprint density at radius 1 is 1.14 bits per heavy atom. The lowest BCUT2D eigenvalue weighted by molar-refractivity contribution is 0.591. The number of nitrogens with one attached hydrogen (secondary N) is 1.